The largest absolute Gasteiger partial charge is 0.494 e. The summed E-state index contributed by atoms with van der Waals surface area (Å²) in [5, 5.41) is 2.81. The minimum absolute atomic E-state index is 0.0995. The van der Waals surface area contributed by atoms with Crippen LogP contribution < -0.4 is 14.4 Å². The fraction of sp³-hybridized carbons (Fsp3) is 0.381. The van der Waals surface area contributed by atoms with Crippen LogP contribution in [0.25, 0.3) is 0 Å². The Kier molecular flexibility index (Phi) is 7.61. The number of rotatable bonds is 9. The van der Waals surface area contributed by atoms with E-state index in [1.165, 1.54) is 12.1 Å². The Balaban J connectivity index is 2.39. The van der Waals surface area contributed by atoms with Gasteiger partial charge in [0.05, 0.1) is 17.2 Å². The minimum atomic E-state index is -4.08. The van der Waals surface area contributed by atoms with Gasteiger partial charge in [0, 0.05) is 6.04 Å². The third-order valence-corrected chi connectivity index (χ3v) is 6.30. The van der Waals surface area contributed by atoms with Crippen LogP contribution in [-0.2, 0) is 14.8 Å². The van der Waals surface area contributed by atoms with Gasteiger partial charge in [-0.2, -0.15) is 0 Å². The maximum absolute atomic E-state index is 13.3. The predicted molar refractivity (Wildman–Crippen MR) is 111 cm³/mol. The van der Waals surface area contributed by atoms with Gasteiger partial charge in [0.25, 0.3) is 10.0 Å². The minimum Gasteiger partial charge on any atom is -0.494 e. The topological polar surface area (TPSA) is 75.7 Å². The Morgan fingerprint density at radius 2 is 1.66 bits per heavy atom. The van der Waals surface area contributed by atoms with E-state index in [-0.39, 0.29) is 16.9 Å². The number of hydrogen-bond donors (Lipinski definition) is 1. The van der Waals surface area contributed by atoms with Crippen LogP contribution in [0, 0.1) is 11.7 Å². The molecule has 2 rings (SSSR count). The number of amides is 1. The molecule has 6 nitrogen and oxygen atoms in total. The lowest BCUT2D eigenvalue weighted by Gasteiger charge is -2.26. The molecule has 1 N–H and O–H groups in total. The van der Waals surface area contributed by atoms with Crippen LogP contribution in [0.2, 0.25) is 0 Å². The summed E-state index contributed by atoms with van der Waals surface area (Å²) in [5.74, 6) is -0.175. The Hall–Kier alpha value is -2.61. The van der Waals surface area contributed by atoms with Gasteiger partial charge in [-0.1, -0.05) is 13.8 Å². The van der Waals surface area contributed by atoms with Crippen LogP contribution in [0.4, 0.5) is 10.1 Å². The van der Waals surface area contributed by atoms with Crippen molar-refractivity contribution in [3.63, 3.8) is 0 Å². The molecule has 0 heterocycles. The molecule has 0 aliphatic carbocycles. The van der Waals surface area contributed by atoms with E-state index in [1.54, 1.807) is 24.3 Å². The average molecular weight is 423 g/mol. The van der Waals surface area contributed by atoms with Crippen LogP contribution in [0.5, 0.6) is 5.75 Å². The van der Waals surface area contributed by atoms with Gasteiger partial charge in [-0.05, 0) is 68.3 Å². The number of nitrogens with zero attached hydrogens (tertiary/aromatic N) is 1. The molecule has 0 saturated heterocycles. The quantitative estimate of drug-likeness (QED) is 0.670. The van der Waals surface area contributed by atoms with Gasteiger partial charge < -0.3 is 10.1 Å². The van der Waals surface area contributed by atoms with E-state index in [0.29, 0.717) is 18.0 Å². The highest BCUT2D eigenvalue weighted by Gasteiger charge is 2.28. The molecule has 1 atom stereocenters. The molecule has 1 unspecified atom stereocenters. The summed E-state index contributed by atoms with van der Waals surface area (Å²) in [6.07, 6.45) is 0. The first-order valence-corrected chi connectivity index (χ1v) is 10.9. The molecule has 0 aliphatic heterocycles. The van der Waals surface area contributed by atoms with Crippen LogP contribution in [-0.4, -0.2) is 33.5 Å². The zero-order chi connectivity index (χ0) is 21.6. The molecule has 0 fully saturated rings. The van der Waals surface area contributed by atoms with E-state index in [9.17, 15) is 17.6 Å². The second-order valence-electron chi connectivity index (χ2n) is 6.99. The lowest BCUT2D eigenvalue weighted by atomic mass is 10.1. The molecule has 0 spiro atoms. The third-order valence-electron chi connectivity index (χ3n) is 4.51. The first-order chi connectivity index (χ1) is 13.6. The molecule has 0 bridgehead atoms. The number of sulfonamides is 1. The highest BCUT2D eigenvalue weighted by molar-refractivity contribution is 7.92. The van der Waals surface area contributed by atoms with Crippen molar-refractivity contribution in [2.75, 3.05) is 17.5 Å². The summed E-state index contributed by atoms with van der Waals surface area (Å²) < 4.78 is 46.1. The Morgan fingerprint density at radius 3 is 2.17 bits per heavy atom. The highest BCUT2D eigenvalue weighted by Crippen LogP contribution is 2.26. The van der Waals surface area contributed by atoms with Crippen LogP contribution in [0.15, 0.2) is 53.4 Å². The summed E-state index contributed by atoms with van der Waals surface area (Å²) in [7, 11) is -4.08. The number of ether oxygens (including phenoxy) is 1. The maximum atomic E-state index is 13.3. The molecule has 2 aromatic carbocycles. The predicted octanol–water partition coefficient (Wildman–Crippen LogP) is 3.58. The van der Waals surface area contributed by atoms with Gasteiger partial charge in [-0.25, -0.2) is 12.8 Å². The van der Waals surface area contributed by atoms with Crippen LogP contribution in [0.1, 0.15) is 27.7 Å². The first-order valence-electron chi connectivity index (χ1n) is 9.45. The number of carbonyl (C=O) groups is 1. The van der Waals surface area contributed by atoms with Crippen molar-refractivity contribution in [1.82, 2.24) is 5.32 Å². The van der Waals surface area contributed by atoms with Crippen LogP contribution in [0.3, 0.4) is 0 Å². The summed E-state index contributed by atoms with van der Waals surface area (Å²) in [4.78, 5) is 12.4. The van der Waals surface area contributed by atoms with Crippen LogP contribution >= 0.6 is 0 Å². The fourth-order valence-electron chi connectivity index (χ4n) is 2.52. The number of halogens is 1. The zero-order valence-electron chi connectivity index (χ0n) is 17.1. The molecule has 2 aromatic rings. The summed E-state index contributed by atoms with van der Waals surface area (Å²) >= 11 is 0. The summed E-state index contributed by atoms with van der Waals surface area (Å²) in [5.41, 5.74) is 0.310. The van der Waals surface area contributed by atoms with Crippen molar-refractivity contribution >= 4 is 21.6 Å². The molecule has 0 radical (unpaired) electrons. The molecule has 29 heavy (non-hydrogen) atoms. The molecule has 0 aromatic heterocycles. The third kappa shape index (κ3) is 5.93. The van der Waals surface area contributed by atoms with Gasteiger partial charge in [-0.15, -0.1) is 0 Å². The fourth-order valence-corrected chi connectivity index (χ4v) is 3.94. The standard InChI is InChI=1S/C21H27FN2O4S/c1-5-28-19-10-8-18(9-11-19)24(14-21(25)23-16(4)15(2)3)29(26,27)20-12-6-17(22)7-13-20/h6-13,15-16H,5,14H2,1-4H3,(H,23,25). The zero-order valence-corrected chi connectivity index (χ0v) is 17.9. The maximum Gasteiger partial charge on any atom is 0.264 e. The molecule has 8 heteroatoms. The lowest BCUT2D eigenvalue weighted by molar-refractivity contribution is -0.120. The Labute approximate surface area is 171 Å². The average Bonchev–Trinajstić information content (AvgIpc) is 2.67. The second-order valence-corrected chi connectivity index (χ2v) is 8.86. The number of carbonyl (C=O) groups excluding carboxylic acids is 1. The molecule has 1 amide bonds. The lowest BCUT2D eigenvalue weighted by Crippen LogP contribution is -2.45. The number of hydrogen-bond acceptors (Lipinski definition) is 4. The van der Waals surface area contributed by atoms with Crippen molar-refractivity contribution in [3.05, 3.63) is 54.3 Å². The van der Waals surface area contributed by atoms with E-state index >= 15 is 0 Å². The second kappa shape index (κ2) is 9.73. The normalized spacial score (nSPS) is 12.5. The van der Waals surface area contributed by atoms with Gasteiger partial charge in [0.1, 0.15) is 18.1 Å². The van der Waals surface area contributed by atoms with E-state index in [0.717, 1.165) is 16.4 Å². The van der Waals surface area contributed by atoms with E-state index in [1.807, 2.05) is 27.7 Å². The van der Waals surface area contributed by atoms with Gasteiger partial charge in [0.15, 0.2) is 0 Å². The summed E-state index contributed by atoms with van der Waals surface area (Å²) in [6, 6.07) is 10.8. The van der Waals surface area contributed by atoms with Crippen molar-refractivity contribution in [2.45, 2.75) is 38.6 Å². The molecule has 0 aliphatic rings. The molecular weight excluding hydrogens is 395 g/mol. The van der Waals surface area contributed by atoms with Crippen molar-refractivity contribution in [3.8, 4) is 5.75 Å². The Bertz CT molecular complexity index is 913. The first kappa shape index (κ1) is 22.7. The highest BCUT2D eigenvalue weighted by atomic mass is 32.2. The van der Waals surface area contributed by atoms with E-state index in [4.69, 9.17) is 4.74 Å². The Morgan fingerprint density at radius 1 is 1.07 bits per heavy atom. The number of benzene rings is 2. The molecule has 0 saturated carbocycles. The smallest absolute Gasteiger partial charge is 0.264 e. The van der Waals surface area contributed by atoms with Gasteiger partial charge in [-0.3, -0.25) is 9.10 Å². The monoisotopic (exact) mass is 422 g/mol. The molecule has 158 valence electrons. The van der Waals surface area contributed by atoms with Gasteiger partial charge >= 0.3 is 0 Å². The number of nitrogens with one attached hydrogen (secondary N) is 1. The molecular formula is C21H27FN2O4S. The van der Waals surface area contributed by atoms with E-state index < -0.39 is 28.3 Å². The SMILES string of the molecule is CCOc1ccc(N(CC(=O)NC(C)C(C)C)S(=O)(=O)c2ccc(F)cc2)cc1. The van der Waals surface area contributed by atoms with Crippen molar-refractivity contribution in [1.29, 1.82) is 0 Å². The van der Waals surface area contributed by atoms with Crippen molar-refractivity contribution < 1.29 is 22.3 Å². The van der Waals surface area contributed by atoms with Crippen molar-refractivity contribution in [2.24, 2.45) is 5.92 Å². The van der Waals surface area contributed by atoms with E-state index in [2.05, 4.69) is 5.32 Å². The number of anilines is 1. The van der Waals surface area contributed by atoms with Gasteiger partial charge in [0.2, 0.25) is 5.91 Å². The summed E-state index contributed by atoms with van der Waals surface area (Å²) in [6.45, 7) is 7.71.